The Hall–Kier alpha value is -4.31. The number of amides is 3. The minimum absolute atomic E-state index is 0.117. The van der Waals surface area contributed by atoms with Crippen LogP contribution < -0.4 is 16.0 Å². The van der Waals surface area contributed by atoms with Gasteiger partial charge in [-0.05, 0) is 70.2 Å². The highest BCUT2D eigenvalue weighted by Crippen LogP contribution is 2.27. The van der Waals surface area contributed by atoms with Crippen molar-refractivity contribution in [2.45, 2.75) is 78.0 Å². The number of hydrogen-bond acceptors (Lipinski definition) is 6. The number of carbonyl (C=O) groups excluding carboxylic acids is 3. The minimum Gasteiger partial charge on any atom is -0.390 e. The number of nitrogens with one attached hydrogen (secondary N) is 3. The fraction of sp³-hybridized carbons (Fsp3) is 0.477. The van der Waals surface area contributed by atoms with Crippen LogP contribution in [-0.2, 0) is 32.0 Å². The summed E-state index contributed by atoms with van der Waals surface area (Å²) in [5.41, 5.74) is 2.16. The molecule has 284 valence electrons. The van der Waals surface area contributed by atoms with Gasteiger partial charge >= 0.3 is 0 Å². The molecule has 9 heteroatoms. The smallest absolute Gasteiger partial charge is 0.242 e. The van der Waals surface area contributed by atoms with Crippen LogP contribution in [0.15, 0.2) is 84.9 Å². The second-order valence-corrected chi connectivity index (χ2v) is 15.4. The lowest BCUT2D eigenvalue weighted by atomic mass is 9.87. The Morgan fingerprint density at radius 1 is 0.717 bits per heavy atom. The number of aliphatic hydroxyl groups is 1. The van der Waals surface area contributed by atoms with Gasteiger partial charge in [0.1, 0.15) is 6.04 Å². The van der Waals surface area contributed by atoms with Crippen molar-refractivity contribution in [1.29, 1.82) is 0 Å². The largest absolute Gasteiger partial charge is 0.390 e. The lowest BCUT2D eigenvalue weighted by molar-refractivity contribution is -0.132. The number of rotatable bonds is 18. The average Bonchev–Trinajstić information content (AvgIpc) is 3.14. The maximum atomic E-state index is 14.5. The van der Waals surface area contributed by atoms with Crippen molar-refractivity contribution in [2.75, 3.05) is 39.4 Å². The molecule has 1 saturated heterocycles. The Bertz CT molecular complexity index is 1710. The van der Waals surface area contributed by atoms with E-state index < -0.39 is 24.1 Å². The third-order valence-corrected chi connectivity index (χ3v) is 10.2. The zero-order chi connectivity index (χ0) is 37.7. The molecule has 0 radical (unpaired) electrons. The number of hydrogen-bond donors (Lipinski definition) is 4. The lowest BCUT2D eigenvalue weighted by Crippen LogP contribution is -2.54. The number of nitrogens with zero attached hydrogens (tertiary/aromatic N) is 1. The molecule has 53 heavy (non-hydrogen) atoms. The summed E-state index contributed by atoms with van der Waals surface area (Å²) in [6, 6.07) is 27.4. The number of ether oxygens (including phenoxy) is 1. The third kappa shape index (κ3) is 11.8. The Balaban J connectivity index is 1.32. The maximum Gasteiger partial charge on any atom is 0.242 e. The fourth-order valence-corrected chi connectivity index (χ4v) is 7.41. The summed E-state index contributed by atoms with van der Waals surface area (Å²) in [5.74, 6) is -0.974. The van der Waals surface area contributed by atoms with E-state index >= 15 is 0 Å². The molecule has 9 nitrogen and oxygen atoms in total. The molecule has 4 aromatic rings. The average molecular weight is 723 g/mol. The Labute approximate surface area is 314 Å². The lowest BCUT2D eigenvalue weighted by Gasteiger charge is -2.29. The van der Waals surface area contributed by atoms with Crippen molar-refractivity contribution in [2.24, 2.45) is 17.8 Å². The van der Waals surface area contributed by atoms with Crippen LogP contribution in [0.4, 0.5) is 0 Å². The first-order chi connectivity index (χ1) is 25.6. The summed E-state index contributed by atoms with van der Waals surface area (Å²) < 4.78 is 5.40. The molecule has 1 heterocycles. The number of morpholine rings is 1. The third-order valence-electron chi connectivity index (χ3n) is 10.2. The van der Waals surface area contributed by atoms with E-state index in [2.05, 4.69) is 69.4 Å². The molecule has 0 saturated carbocycles. The Kier molecular flexibility index (Phi) is 14.8. The van der Waals surface area contributed by atoms with Gasteiger partial charge in [-0.15, -0.1) is 0 Å². The zero-order valence-electron chi connectivity index (χ0n) is 31.9. The molecule has 4 aromatic carbocycles. The predicted molar refractivity (Wildman–Crippen MR) is 212 cm³/mol. The van der Waals surface area contributed by atoms with E-state index in [0.717, 1.165) is 52.3 Å². The maximum absolute atomic E-state index is 14.5. The second-order valence-electron chi connectivity index (χ2n) is 15.4. The molecule has 1 aliphatic heterocycles. The Morgan fingerprint density at radius 2 is 1.26 bits per heavy atom. The van der Waals surface area contributed by atoms with E-state index in [1.807, 2.05) is 64.1 Å². The van der Waals surface area contributed by atoms with Crippen LogP contribution in [0.2, 0.25) is 0 Å². The van der Waals surface area contributed by atoms with Crippen LogP contribution in [0.3, 0.4) is 0 Å². The number of benzene rings is 4. The molecular weight excluding hydrogens is 665 g/mol. The first kappa shape index (κ1) is 39.9. The van der Waals surface area contributed by atoms with Gasteiger partial charge in [0, 0.05) is 32.1 Å². The van der Waals surface area contributed by atoms with Gasteiger partial charge in [0.15, 0.2) is 0 Å². The van der Waals surface area contributed by atoms with Crippen molar-refractivity contribution in [3.8, 4) is 0 Å². The predicted octanol–water partition coefficient (Wildman–Crippen LogP) is 5.66. The molecule has 0 bridgehead atoms. The van der Waals surface area contributed by atoms with E-state index in [1.165, 1.54) is 0 Å². The molecule has 4 N–H and O–H groups in total. The van der Waals surface area contributed by atoms with Crippen LogP contribution in [0.5, 0.6) is 0 Å². The van der Waals surface area contributed by atoms with E-state index in [0.29, 0.717) is 45.4 Å². The number of carbonyl (C=O) groups is 3. The summed E-state index contributed by atoms with van der Waals surface area (Å²) >= 11 is 0. The summed E-state index contributed by atoms with van der Waals surface area (Å²) in [5, 5.41) is 24.9. The van der Waals surface area contributed by atoms with Gasteiger partial charge in [-0.3, -0.25) is 19.3 Å². The summed E-state index contributed by atoms with van der Waals surface area (Å²) in [6.45, 7) is 12.3. The van der Waals surface area contributed by atoms with Crippen molar-refractivity contribution < 1.29 is 24.2 Å². The highest BCUT2D eigenvalue weighted by atomic mass is 16.5. The topological polar surface area (TPSA) is 120 Å². The van der Waals surface area contributed by atoms with E-state index in [1.54, 1.807) is 0 Å². The van der Waals surface area contributed by atoms with Crippen LogP contribution >= 0.6 is 0 Å². The van der Waals surface area contributed by atoms with Crippen molar-refractivity contribution >= 4 is 39.3 Å². The SMILES string of the molecule is CC(C)CC(NC(=O)[C@H](CC(C)C)NC(=O)C(Cc1cccc2ccccc12)Cc1cccc2ccccc12)C(O)CC(=O)NCCN1CCOCC1. The van der Waals surface area contributed by atoms with Gasteiger partial charge in [-0.1, -0.05) is 113 Å². The molecule has 0 aliphatic carbocycles. The van der Waals surface area contributed by atoms with Gasteiger partial charge in [0.25, 0.3) is 0 Å². The van der Waals surface area contributed by atoms with Crippen molar-refractivity contribution in [3.05, 3.63) is 96.1 Å². The van der Waals surface area contributed by atoms with Crippen LogP contribution in [0.25, 0.3) is 21.5 Å². The molecule has 5 rings (SSSR count). The number of fused-ring (bicyclic) bond motifs is 2. The molecule has 2 unspecified atom stereocenters. The molecule has 0 spiro atoms. The molecule has 1 fully saturated rings. The fourth-order valence-electron chi connectivity index (χ4n) is 7.41. The van der Waals surface area contributed by atoms with Crippen LogP contribution in [0, 0.1) is 17.8 Å². The molecular formula is C44H58N4O5. The van der Waals surface area contributed by atoms with Gasteiger partial charge < -0.3 is 25.8 Å². The highest BCUT2D eigenvalue weighted by molar-refractivity contribution is 5.91. The van der Waals surface area contributed by atoms with Gasteiger partial charge in [-0.2, -0.15) is 0 Å². The quantitative estimate of drug-likeness (QED) is 0.105. The summed E-state index contributed by atoms with van der Waals surface area (Å²) in [6.07, 6.45) is 0.718. The molecule has 1 aliphatic rings. The molecule has 3 atom stereocenters. The monoisotopic (exact) mass is 722 g/mol. The first-order valence-corrected chi connectivity index (χ1v) is 19.4. The van der Waals surface area contributed by atoms with Gasteiger partial charge in [-0.25, -0.2) is 0 Å². The molecule has 0 aromatic heterocycles. The van der Waals surface area contributed by atoms with E-state index in [-0.39, 0.29) is 36.0 Å². The van der Waals surface area contributed by atoms with Crippen LogP contribution in [-0.4, -0.2) is 85.3 Å². The van der Waals surface area contributed by atoms with Crippen LogP contribution in [0.1, 0.15) is 58.1 Å². The second kappa shape index (κ2) is 19.7. The standard InChI is InChI=1S/C44H58N4O5/c1-30(2)25-39(41(49)29-42(50)45-19-20-48-21-23-53-24-22-48)46-44(52)40(26-31(3)4)47-43(51)36(27-34-15-9-13-32-11-5-7-17-37(32)34)28-35-16-10-14-33-12-6-8-18-38(33)35/h5-18,30-31,36,39-41,49H,19-29H2,1-4H3,(H,45,50)(H,46,52)(H,47,51)/t39?,40-,41?/m0/s1. The highest BCUT2D eigenvalue weighted by Gasteiger charge is 2.31. The molecule has 3 amide bonds. The van der Waals surface area contributed by atoms with Gasteiger partial charge in [0.2, 0.25) is 17.7 Å². The van der Waals surface area contributed by atoms with Crippen molar-refractivity contribution in [3.63, 3.8) is 0 Å². The summed E-state index contributed by atoms with van der Waals surface area (Å²) in [7, 11) is 0. The normalized spacial score (nSPS) is 15.5. The van der Waals surface area contributed by atoms with E-state index in [4.69, 9.17) is 4.74 Å². The van der Waals surface area contributed by atoms with Gasteiger partial charge in [0.05, 0.1) is 31.8 Å². The van der Waals surface area contributed by atoms with E-state index in [9.17, 15) is 19.5 Å². The summed E-state index contributed by atoms with van der Waals surface area (Å²) in [4.78, 5) is 43.6. The number of aliphatic hydroxyl groups excluding tert-OH is 1. The zero-order valence-corrected chi connectivity index (χ0v) is 31.9. The Morgan fingerprint density at radius 3 is 1.83 bits per heavy atom. The first-order valence-electron chi connectivity index (χ1n) is 19.4. The van der Waals surface area contributed by atoms with Crippen molar-refractivity contribution in [1.82, 2.24) is 20.9 Å². The minimum atomic E-state index is -1.08.